The molecule has 0 unspecified atom stereocenters. The van der Waals surface area contributed by atoms with Crippen LogP contribution in [0.2, 0.25) is 0 Å². The number of hydrogen-bond donors (Lipinski definition) is 1. The summed E-state index contributed by atoms with van der Waals surface area (Å²) in [7, 11) is 0. The minimum Gasteiger partial charge on any atom is -0.379 e. The van der Waals surface area contributed by atoms with Crippen LogP contribution in [0.15, 0.2) is 59.8 Å². The van der Waals surface area contributed by atoms with Crippen molar-refractivity contribution >= 4 is 11.6 Å². The van der Waals surface area contributed by atoms with Crippen LogP contribution in [0.25, 0.3) is 0 Å². The first kappa shape index (κ1) is 16.2. The van der Waals surface area contributed by atoms with Crippen molar-refractivity contribution in [3.63, 3.8) is 0 Å². The van der Waals surface area contributed by atoms with E-state index < -0.39 is 5.60 Å². The number of hydrogen-bond acceptors (Lipinski definition) is 3. The predicted molar refractivity (Wildman–Crippen MR) is 90.2 cm³/mol. The summed E-state index contributed by atoms with van der Waals surface area (Å²) in [6, 6.07) is 16.1. The molecule has 0 bridgehead atoms. The summed E-state index contributed by atoms with van der Waals surface area (Å²) in [5.74, 6) is -0.551. The first-order chi connectivity index (χ1) is 11.6. The van der Waals surface area contributed by atoms with Gasteiger partial charge in [-0.2, -0.15) is 0 Å². The van der Waals surface area contributed by atoms with E-state index in [0.29, 0.717) is 24.2 Å². The van der Waals surface area contributed by atoms with Crippen molar-refractivity contribution in [2.75, 3.05) is 6.54 Å². The maximum atomic E-state index is 13.3. The highest BCUT2D eigenvalue weighted by molar-refractivity contribution is 6.05. The van der Waals surface area contributed by atoms with Crippen molar-refractivity contribution in [3.05, 3.63) is 71.5 Å². The molecule has 0 radical (unpaired) electrons. The van der Waals surface area contributed by atoms with Crippen molar-refractivity contribution in [1.29, 1.82) is 0 Å². The summed E-state index contributed by atoms with van der Waals surface area (Å²) in [5.41, 5.74) is 1.32. The van der Waals surface area contributed by atoms with E-state index in [9.17, 15) is 9.18 Å². The Morgan fingerprint density at radius 3 is 2.79 bits per heavy atom. The zero-order valence-corrected chi connectivity index (χ0v) is 13.5. The summed E-state index contributed by atoms with van der Waals surface area (Å²) in [4.78, 5) is 17.8. The molecule has 2 aromatic rings. The van der Waals surface area contributed by atoms with Crippen LogP contribution in [0.4, 0.5) is 4.39 Å². The number of amides is 1. The largest absolute Gasteiger partial charge is 0.379 e. The Kier molecular flexibility index (Phi) is 4.60. The number of rotatable bonds is 5. The molecule has 0 aliphatic carbocycles. The van der Waals surface area contributed by atoms with E-state index in [1.54, 1.807) is 19.1 Å². The van der Waals surface area contributed by atoms with E-state index >= 15 is 0 Å². The van der Waals surface area contributed by atoms with Gasteiger partial charge in [0.15, 0.2) is 0 Å². The highest BCUT2D eigenvalue weighted by Gasteiger charge is 2.42. The van der Waals surface area contributed by atoms with Crippen molar-refractivity contribution in [3.8, 4) is 0 Å². The average Bonchev–Trinajstić information content (AvgIpc) is 3.00. The predicted octanol–water partition coefficient (Wildman–Crippen LogP) is 3.07. The third-order valence-corrected chi connectivity index (χ3v) is 4.04. The van der Waals surface area contributed by atoms with Gasteiger partial charge in [0.1, 0.15) is 5.82 Å². The highest BCUT2D eigenvalue weighted by Crippen LogP contribution is 2.27. The minimum atomic E-state index is -1.06. The van der Waals surface area contributed by atoms with Crippen LogP contribution in [0.1, 0.15) is 24.5 Å². The third-order valence-electron chi connectivity index (χ3n) is 4.04. The van der Waals surface area contributed by atoms with Gasteiger partial charge in [-0.1, -0.05) is 47.6 Å². The molecule has 4 nitrogen and oxygen atoms in total. The minimum absolute atomic E-state index is 0.214. The molecule has 0 saturated heterocycles. The van der Waals surface area contributed by atoms with E-state index in [4.69, 9.17) is 4.84 Å². The summed E-state index contributed by atoms with van der Waals surface area (Å²) < 4.78 is 13.3. The number of carbonyl (C=O) groups is 1. The summed E-state index contributed by atoms with van der Waals surface area (Å²) in [5, 5.41) is 6.86. The van der Waals surface area contributed by atoms with E-state index in [0.717, 1.165) is 12.0 Å². The third kappa shape index (κ3) is 3.62. The van der Waals surface area contributed by atoms with Crippen LogP contribution in [0.5, 0.6) is 0 Å². The van der Waals surface area contributed by atoms with E-state index in [-0.39, 0.29) is 11.7 Å². The molecule has 0 aromatic heterocycles. The molecule has 1 atom stereocenters. The SMILES string of the molecule is C[C@@]1(C(=O)NCCc2ccccc2)CC(c2cccc(F)c2)=NO1. The molecule has 1 N–H and O–H groups in total. The Labute approximate surface area is 140 Å². The smallest absolute Gasteiger partial charge is 0.267 e. The molecular formula is C19H19FN2O2. The lowest BCUT2D eigenvalue weighted by Crippen LogP contribution is -2.45. The second-order valence-electron chi connectivity index (χ2n) is 6.04. The number of oxime groups is 1. The van der Waals surface area contributed by atoms with Gasteiger partial charge in [0, 0.05) is 18.5 Å². The quantitative estimate of drug-likeness (QED) is 0.918. The molecule has 2 aromatic carbocycles. The highest BCUT2D eigenvalue weighted by atomic mass is 19.1. The van der Waals surface area contributed by atoms with E-state index in [1.165, 1.54) is 12.1 Å². The number of halogens is 1. The lowest BCUT2D eigenvalue weighted by molar-refractivity contribution is -0.141. The number of nitrogens with one attached hydrogen (secondary N) is 1. The molecule has 1 aliphatic heterocycles. The number of nitrogens with zero attached hydrogens (tertiary/aromatic N) is 1. The standard InChI is InChI=1S/C19H19FN2O2/c1-19(18(23)21-11-10-14-6-3-2-4-7-14)13-17(22-24-19)15-8-5-9-16(20)12-15/h2-9,12H,10-11,13H2,1H3,(H,21,23)/t19-/m0/s1. The Morgan fingerprint density at radius 2 is 2.04 bits per heavy atom. The average molecular weight is 326 g/mol. The van der Waals surface area contributed by atoms with Gasteiger partial charge in [0.2, 0.25) is 5.60 Å². The first-order valence-corrected chi connectivity index (χ1v) is 7.90. The Morgan fingerprint density at radius 1 is 1.25 bits per heavy atom. The van der Waals surface area contributed by atoms with Crippen LogP contribution in [0.3, 0.4) is 0 Å². The summed E-state index contributed by atoms with van der Waals surface area (Å²) >= 11 is 0. The zero-order valence-electron chi connectivity index (χ0n) is 13.5. The second kappa shape index (κ2) is 6.83. The van der Waals surface area contributed by atoms with Gasteiger partial charge < -0.3 is 10.2 Å². The van der Waals surface area contributed by atoms with Gasteiger partial charge >= 0.3 is 0 Å². The fraction of sp³-hybridized carbons (Fsp3) is 0.263. The van der Waals surface area contributed by atoms with Crippen molar-refractivity contribution in [1.82, 2.24) is 5.32 Å². The normalized spacial score (nSPS) is 19.5. The fourth-order valence-electron chi connectivity index (χ4n) is 2.64. The summed E-state index contributed by atoms with van der Waals surface area (Å²) in [6.07, 6.45) is 1.06. The Bertz CT molecular complexity index is 761. The molecule has 3 rings (SSSR count). The molecular weight excluding hydrogens is 307 g/mol. The monoisotopic (exact) mass is 326 g/mol. The van der Waals surface area contributed by atoms with Gasteiger partial charge in [0.25, 0.3) is 5.91 Å². The molecule has 5 heteroatoms. The van der Waals surface area contributed by atoms with Crippen LogP contribution in [-0.4, -0.2) is 23.8 Å². The zero-order chi connectivity index (χ0) is 17.0. The first-order valence-electron chi connectivity index (χ1n) is 7.90. The Hall–Kier alpha value is -2.69. The molecule has 0 fully saturated rings. The molecule has 24 heavy (non-hydrogen) atoms. The number of benzene rings is 2. The topological polar surface area (TPSA) is 50.7 Å². The maximum absolute atomic E-state index is 13.3. The van der Waals surface area contributed by atoms with Gasteiger partial charge in [-0.15, -0.1) is 0 Å². The van der Waals surface area contributed by atoms with Crippen molar-refractivity contribution in [2.45, 2.75) is 25.4 Å². The second-order valence-corrected chi connectivity index (χ2v) is 6.04. The molecule has 0 saturated carbocycles. The van der Waals surface area contributed by atoms with Gasteiger partial charge in [-0.3, -0.25) is 4.79 Å². The Balaban J connectivity index is 1.56. The van der Waals surface area contributed by atoms with Crippen molar-refractivity contribution < 1.29 is 14.0 Å². The lowest BCUT2D eigenvalue weighted by Gasteiger charge is -2.20. The molecule has 1 heterocycles. The summed E-state index contributed by atoms with van der Waals surface area (Å²) in [6.45, 7) is 2.22. The number of carbonyl (C=O) groups excluding carboxylic acids is 1. The van der Waals surface area contributed by atoms with Crippen LogP contribution >= 0.6 is 0 Å². The fourth-order valence-corrected chi connectivity index (χ4v) is 2.64. The van der Waals surface area contributed by atoms with Crippen molar-refractivity contribution in [2.24, 2.45) is 5.16 Å². The molecule has 1 aliphatic rings. The van der Waals surface area contributed by atoms with Gasteiger partial charge in [-0.05, 0) is 31.0 Å². The van der Waals surface area contributed by atoms with E-state index in [1.807, 2.05) is 30.3 Å². The molecule has 124 valence electrons. The molecule has 1 amide bonds. The van der Waals surface area contributed by atoms with Gasteiger partial charge in [-0.25, -0.2) is 4.39 Å². The maximum Gasteiger partial charge on any atom is 0.267 e. The lowest BCUT2D eigenvalue weighted by atomic mass is 9.95. The van der Waals surface area contributed by atoms with Crippen LogP contribution in [0, 0.1) is 5.82 Å². The van der Waals surface area contributed by atoms with Gasteiger partial charge in [0.05, 0.1) is 5.71 Å². The van der Waals surface area contributed by atoms with Crippen LogP contribution < -0.4 is 5.32 Å². The van der Waals surface area contributed by atoms with Crippen LogP contribution in [-0.2, 0) is 16.1 Å². The van der Waals surface area contributed by atoms with E-state index in [2.05, 4.69) is 10.5 Å². The molecule has 0 spiro atoms.